The Kier molecular flexibility index (Phi) is 8.79. The van der Waals surface area contributed by atoms with Gasteiger partial charge in [0.2, 0.25) is 0 Å². The fourth-order valence-electron chi connectivity index (χ4n) is 11.9. The standard InChI is InChI=1S/C61H53N/c1-7-61(8-2,43-22-10-9-11-23-43)44-30-32-45(33-31-44)62(46-34-35-54-52(39-46)51-37-41-20-12-13-21-42(41)38-55(51)59(54,3)4)56-36-29-40-19-14-15-24-47(40)57(56)50-27-18-26-49-48-25-16-17-28-53(48)60(5,6)58(49)50/h9-17,19-26,28-33,36-39H,7-8,34-35H2,1-6H3. The third-order valence-corrected chi connectivity index (χ3v) is 15.2. The molecule has 0 radical (unpaired) electrons. The van der Waals surface area contributed by atoms with Crippen molar-refractivity contribution in [3.63, 3.8) is 0 Å². The van der Waals surface area contributed by atoms with Crippen molar-refractivity contribution in [2.45, 2.75) is 83.5 Å². The molecule has 11 rings (SSSR count). The smallest absolute Gasteiger partial charge is 0.0549 e. The van der Waals surface area contributed by atoms with Crippen LogP contribution in [0.1, 0.15) is 101 Å². The fraction of sp³-hybridized carbons (Fsp3) is 0.213. The Morgan fingerprint density at radius 1 is 0.581 bits per heavy atom. The van der Waals surface area contributed by atoms with E-state index in [1.807, 2.05) is 0 Å². The van der Waals surface area contributed by atoms with Gasteiger partial charge in [-0.3, -0.25) is 0 Å². The summed E-state index contributed by atoms with van der Waals surface area (Å²) in [4.78, 5) is 2.60. The summed E-state index contributed by atoms with van der Waals surface area (Å²) in [6.07, 6.45) is 6.54. The summed E-state index contributed by atoms with van der Waals surface area (Å²) < 4.78 is 0. The summed E-state index contributed by atoms with van der Waals surface area (Å²) in [6.45, 7) is 14.3. The van der Waals surface area contributed by atoms with E-state index in [1.54, 1.807) is 5.57 Å². The van der Waals surface area contributed by atoms with Gasteiger partial charge in [0, 0.05) is 38.8 Å². The number of rotatable bonds is 8. The lowest BCUT2D eigenvalue weighted by atomic mass is 9.70. The molecule has 0 saturated carbocycles. The van der Waals surface area contributed by atoms with Crippen LogP contribution in [0.2, 0.25) is 0 Å². The molecule has 8 aromatic carbocycles. The molecular formula is C61H53N. The van der Waals surface area contributed by atoms with Crippen LogP contribution in [0.4, 0.5) is 11.4 Å². The molecule has 0 heterocycles. The maximum atomic E-state index is 3.78. The average molecular weight is 800 g/mol. The van der Waals surface area contributed by atoms with Crippen LogP contribution in [0.25, 0.3) is 49.4 Å². The van der Waals surface area contributed by atoms with E-state index in [-0.39, 0.29) is 16.2 Å². The Labute approximate surface area is 368 Å². The Morgan fingerprint density at radius 3 is 2.00 bits per heavy atom. The second kappa shape index (κ2) is 14.2. The fourth-order valence-corrected chi connectivity index (χ4v) is 11.9. The van der Waals surface area contributed by atoms with Crippen molar-refractivity contribution in [3.8, 4) is 22.3 Å². The highest BCUT2D eigenvalue weighted by molar-refractivity contribution is 6.07. The Balaban J connectivity index is 1.17. The first-order valence-corrected chi connectivity index (χ1v) is 22.7. The quantitative estimate of drug-likeness (QED) is 0.148. The number of nitrogens with zero attached hydrogens (tertiary/aromatic N) is 1. The van der Waals surface area contributed by atoms with Gasteiger partial charge in [0.25, 0.3) is 0 Å². The van der Waals surface area contributed by atoms with Crippen LogP contribution in [0, 0.1) is 12.1 Å². The summed E-state index contributed by atoms with van der Waals surface area (Å²) >= 11 is 0. The molecule has 0 unspecified atom stereocenters. The minimum atomic E-state index is -0.222. The predicted octanol–water partition coefficient (Wildman–Crippen LogP) is 16.2. The van der Waals surface area contributed by atoms with Crippen molar-refractivity contribution in [2.75, 3.05) is 4.90 Å². The van der Waals surface area contributed by atoms with Gasteiger partial charge in [0.15, 0.2) is 0 Å². The van der Waals surface area contributed by atoms with Gasteiger partial charge in [-0.2, -0.15) is 0 Å². The Hall–Kier alpha value is -6.62. The maximum absolute atomic E-state index is 3.78. The zero-order chi connectivity index (χ0) is 42.4. The van der Waals surface area contributed by atoms with Gasteiger partial charge in [0.05, 0.1) is 5.69 Å². The van der Waals surface area contributed by atoms with Crippen molar-refractivity contribution in [1.29, 1.82) is 0 Å². The lowest BCUT2D eigenvalue weighted by Crippen LogP contribution is -2.26. The zero-order valence-corrected chi connectivity index (χ0v) is 36.9. The van der Waals surface area contributed by atoms with Crippen molar-refractivity contribution < 1.29 is 0 Å². The van der Waals surface area contributed by atoms with Gasteiger partial charge < -0.3 is 4.90 Å². The first-order valence-electron chi connectivity index (χ1n) is 22.7. The van der Waals surface area contributed by atoms with Gasteiger partial charge >= 0.3 is 0 Å². The van der Waals surface area contributed by atoms with Gasteiger partial charge in [-0.15, -0.1) is 0 Å². The SMILES string of the molecule is CCC(CC)(c1ccccc1)c1ccc(N(C2=CC3=C(CC2)C(C)(C)c2cc4ccccc4cc23)c2ccc3ccccc3c2-c2c#ccc3c2C(C)(C)c2ccccc2-3)cc1. The normalized spacial score (nSPS) is 15.7. The molecule has 0 aliphatic heterocycles. The third-order valence-electron chi connectivity index (χ3n) is 15.2. The number of hydrogen-bond donors (Lipinski definition) is 0. The molecular weight excluding hydrogens is 747 g/mol. The number of anilines is 2. The monoisotopic (exact) mass is 799 g/mol. The molecule has 0 amide bonds. The average Bonchev–Trinajstić information content (AvgIpc) is 3.68. The van der Waals surface area contributed by atoms with Crippen LogP contribution in [0.15, 0.2) is 175 Å². The molecule has 3 aliphatic rings. The van der Waals surface area contributed by atoms with E-state index in [1.165, 1.54) is 94.3 Å². The lowest BCUT2D eigenvalue weighted by molar-refractivity contribution is 0.478. The van der Waals surface area contributed by atoms with Crippen molar-refractivity contribution >= 4 is 38.5 Å². The van der Waals surface area contributed by atoms with E-state index in [2.05, 4.69) is 222 Å². The first-order chi connectivity index (χ1) is 30.2. The summed E-state index contributed by atoms with van der Waals surface area (Å²) in [7, 11) is 0. The van der Waals surface area contributed by atoms with Crippen molar-refractivity contribution in [3.05, 3.63) is 221 Å². The van der Waals surface area contributed by atoms with E-state index in [9.17, 15) is 0 Å². The highest BCUT2D eigenvalue weighted by Crippen LogP contribution is 2.56. The molecule has 0 saturated heterocycles. The topological polar surface area (TPSA) is 3.24 Å². The summed E-state index contributed by atoms with van der Waals surface area (Å²) in [5.41, 5.74) is 19.4. The van der Waals surface area contributed by atoms with Gasteiger partial charge in [-0.05, 0) is 140 Å². The van der Waals surface area contributed by atoms with E-state index >= 15 is 0 Å². The molecule has 0 spiro atoms. The summed E-state index contributed by atoms with van der Waals surface area (Å²) in [6, 6.07) is 66.5. The molecule has 0 bridgehead atoms. The van der Waals surface area contributed by atoms with Crippen LogP contribution < -0.4 is 4.90 Å². The molecule has 3 aliphatic carbocycles. The van der Waals surface area contributed by atoms with Crippen LogP contribution in [-0.2, 0) is 16.2 Å². The number of hydrogen-bond acceptors (Lipinski definition) is 1. The molecule has 0 aromatic heterocycles. The van der Waals surface area contributed by atoms with Crippen LogP contribution >= 0.6 is 0 Å². The number of allylic oxidation sites excluding steroid dienone is 4. The highest BCUT2D eigenvalue weighted by Gasteiger charge is 2.41. The molecule has 302 valence electrons. The zero-order valence-electron chi connectivity index (χ0n) is 36.9. The Morgan fingerprint density at radius 2 is 1.24 bits per heavy atom. The first kappa shape index (κ1) is 38.3. The van der Waals surface area contributed by atoms with Crippen LogP contribution in [0.3, 0.4) is 0 Å². The molecule has 1 nitrogen and oxygen atoms in total. The van der Waals surface area contributed by atoms with Gasteiger partial charge in [0.1, 0.15) is 0 Å². The molecule has 62 heavy (non-hydrogen) atoms. The molecule has 0 N–H and O–H groups in total. The molecule has 0 fully saturated rings. The van der Waals surface area contributed by atoms with E-state index in [4.69, 9.17) is 0 Å². The lowest BCUT2D eigenvalue weighted by Gasteiger charge is -2.36. The van der Waals surface area contributed by atoms with Gasteiger partial charge in [-0.25, -0.2) is 0 Å². The molecule has 8 aromatic rings. The second-order valence-electron chi connectivity index (χ2n) is 18.9. The minimum Gasteiger partial charge on any atom is -0.314 e. The molecule has 1 heteroatoms. The third kappa shape index (κ3) is 5.55. The molecule has 0 atom stereocenters. The minimum absolute atomic E-state index is 0.0473. The summed E-state index contributed by atoms with van der Waals surface area (Å²) in [5.74, 6) is 0. The van der Waals surface area contributed by atoms with Crippen molar-refractivity contribution in [1.82, 2.24) is 0 Å². The maximum Gasteiger partial charge on any atom is 0.0549 e. The predicted molar refractivity (Wildman–Crippen MR) is 262 cm³/mol. The van der Waals surface area contributed by atoms with Crippen LogP contribution in [0.5, 0.6) is 0 Å². The number of fused-ring (bicyclic) bond motifs is 7. The second-order valence-corrected chi connectivity index (χ2v) is 18.9. The number of benzene rings is 7. The van der Waals surface area contributed by atoms with Gasteiger partial charge in [-0.1, -0.05) is 181 Å². The Bertz CT molecular complexity index is 3130. The van der Waals surface area contributed by atoms with E-state index in [0.717, 1.165) is 31.2 Å². The van der Waals surface area contributed by atoms with E-state index < -0.39 is 0 Å². The summed E-state index contributed by atoms with van der Waals surface area (Å²) in [5, 5.41) is 5.06. The van der Waals surface area contributed by atoms with E-state index in [0.29, 0.717) is 0 Å². The van der Waals surface area contributed by atoms with Crippen molar-refractivity contribution in [2.24, 2.45) is 0 Å². The van der Waals surface area contributed by atoms with Crippen LogP contribution in [-0.4, -0.2) is 0 Å². The largest absolute Gasteiger partial charge is 0.314 e. The highest BCUT2D eigenvalue weighted by atomic mass is 15.2.